The molecule has 2 heterocycles. The summed E-state index contributed by atoms with van der Waals surface area (Å²) in [5.74, 6) is -1.28. The largest absolute Gasteiger partial charge is 0.461 e. The van der Waals surface area contributed by atoms with Crippen LogP contribution >= 0.6 is 0 Å². The first-order valence-corrected chi connectivity index (χ1v) is 8.38. The van der Waals surface area contributed by atoms with Gasteiger partial charge in [-0.25, -0.2) is 4.79 Å². The molecule has 6 nitrogen and oxygen atoms in total. The van der Waals surface area contributed by atoms with Crippen LogP contribution in [0.1, 0.15) is 40.0 Å². The zero-order valence-corrected chi connectivity index (χ0v) is 14.3. The Morgan fingerprint density at radius 3 is 2.92 bits per heavy atom. The third kappa shape index (κ3) is 3.00. The molecular weight excluding hydrogens is 312 g/mol. The number of rotatable bonds is 2. The van der Waals surface area contributed by atoms with Crippen molar-refractivity contribution in [1.82, 2.24) is 0 Å². The SMILES string of the molecule is C=C1C(=O)O[C@H]2/C=C(/C)[C@@H](O)C[C@@H]3O[C@]3(C)C[C@@H](OC(=O)CC)[C@H]12. The van der Waals surface area contributed by atoms with Crippen molar-refractivity contribution < 1.29 is 28.9 Å². The predicted molar refractivity (Wildman–Crippen MR) is 85.0 cm³/mol. The van der Waals surface area contributed by atoms with Crippen LogP contribution in [0, 0.1) is 5.92 Å². The van der Waals surface area contributed by atoms with Crippen LogP contribution in [-0.2, 0) is 23.8 Å². The van der Waals surface area contributed by atoms with E-state index in [2.05, 4.69) is 6.58 Å². The molecule has 3 aliphatic rings. The lowest BCUT2D eigenvalue weighted by Gasteiger charge is -2.28. The van der Waals surface area contributed by atoms with Crippen LogP contribution in [0.25, 0.3) is 0 Å². The van der Waals surface area contributed by atoms with Gasteiger partial charge in [-0.05, 0) is 25.5 Å². The molecule has 0 amide bonds. The monoisotopic (exact) mass is 336 g/mol. The Hall–Kier alpha value is -1.66. The molecule has 0 saturated carbocycles. The van der Waals surface area contributed by atoms with Crippen molar-refractivity contribution in [2.45, 2.75) is 70.1 Å². The van der Waals surface area contributed by atoms with E-state index in [4.69, 9.17) is 14.2 Å². The number of aliphatic hydroxyl groups excluding tert-OH is 1. The molecule has 132 valence electrons. The molecule has 0 unspecified atom stereocenters. The fourth-order valence-corrected chi connectivity index (χ4v) is 3.60. The second kappa shape index (κ2) is 6.01. The number of aliphatic hydroxyl groups is 1. The molecule has 2 fully saturated rings. The smallest absolute Gasteiger partial charge is 0.334 e. The van der Waals surface area contributed by atoms with Crippen molar-refractivity contribution in [1.29, 1.82) is 0 Å². The van der Waals surface area contributed by atoms with Crippen LogP contribution in [0.4, 0.5) is 0 Å². The Balaban J connectivity index is 1.97. The minimum absolute atomic E-state index is 0.0958. The van der Waals surface area contributed by atoms with Gasteiger partial charge in [0.2, 0.25) is 0 Å². The molecule has 0 bridgehead atoms. The number of esters is 2. The van der Waals surface area contributed by atoms with Crippen molar-refractivity contribution in [3.05, 3.63) is 23.8 Å². The lowest BCUT2D eigenvalue weighted by molar-refractivity contribution is -0.152. The quantitative estimate of drug-likeness (QED) is 0.357. The van der Waals surface area contributed by atoms with Gasteiger partial charge in [0, 0.05) is 24.8 Å². The van der Waals surface area contributed by atoms with Crippen LogP contribution < -0.4 is 0 Å². The zero-order valence-electron chi connectivity index (χ0n) is 14.3. The van der Waals surface area contributed by atoms with Crippen LogP contribution in [0.15, 0.2) is 23.8 Å². The average molecular weight is 336 g/mol. The average Bonchev–Trinajstić information content (AvgIpc) is 3.04. The summed E-state index contributed by atoms with van der Waals surface area (Å²) >= 11 is 0. The number of hydrogen-bond acceptors (Lipinski definition) is 6. The summed E-state index contributed by atoms with van der Waals surface area (Å²) in [6, 6.07) is 0. The standard InChI is InChI=1S/C18H24O6/c1-5-15(20)22-13-8-18(4)14(24-18)7-11(19)9(2)6-12-16(13)10(3)17(21)23-12/h6,11-14,16,19H,3,5,7-8H2,1-2,4H3/b9-6-/t11-,12-,13+,14-,16+,18+/m0/s1. The highest BCUT2D eigenvalue weighted by Crippen LogP contribution is 2.47. The molecule has 3 rings (SSSR count). The van der Waals surface area contributed by atoms with E-state index in [0.717, 1.165) is 0 Å². The lowest BCUT2D eigenvalue weighted by Crippen LogP contribution is -2.37. The molecule has 0 aromatic carbocycles. The van der Waals surface area contributed by atoms with E-state index in [1.807, 2.05) is 6.92 Å². The van der Waals surface area contributed by atoms with Crippen molar-refractivity contribution in [3.8, 4) is 0 Å². The molecule has 0 radical (unpaired) electrons. The van der Waals surface area contributed by atoms with E-state index in [1.165, 1.54) is 0 Å². The first-order chi connectivity index (χ1) is 11.2. The van der Waals surface area contributed by atoms with Gasteiger partial charge in [-0.2, -0.15) is 0 Å². The summed E-state index contributed by atoms with van der Waals surface area (Å²) < 4.78 is 16.8. The van der Waals surface area contributed by atoms with Crippen LogP contribution in [0.2, 0.25) is 0 Å². The second-order valence-electron chi connectivity index (χ2n) is 7.09. The first kappa shape index (κ1) is 17.2. The van der Waals surface area contributed by atoms with Crippen molar-refractivity contribution >= 4 is 11.9 Å². The molecule has 0 aromatic heterocycles. The Kier molecular flexibility index (Phi) is 4.30. The third-order valence-corrected chi connectivity index (χ3v) is 5.27. The van der Waals surface area contributed by atoms with Crippen LogP contribution in [-0.4, -0.2) is 47.1 Å². The molecular formula is C18H24O6. The number of carbonyl (C=O) groups is 2. The van der Waals surface area contributed by atoms with Gasteiger partial charge in [0.15, 0.2) is 0 Å². The number of fused-ring (bicyclic) bond motifs is 2. The molecule has 6 atom stereocenters. The summed E-state index contributed by atoms with van der Waals surface area (Å²) in [6.45, 7) is 9.30. The fraction of sp³-hybridized carbons (Fsp3) is 0.667. The summed E-state index contributed by atoms with van der Waals surface area (Å²) in [7, 11) is 0. The maximum absolute atomic E-state index is 12.0. The van der Waals surface area contributed by atoms with Crippen LogP contribution in [0.5, 0.6) is 0 Å². The summed E-state index contributed by atoms with van der Waals surface area (Å²) in [5.41, 5.74) is 0.537. The highest BCUT2D eigenvalue weighted by molar-refractivity contribution is 5.91. The van der Waals surface area contributed by atoms with E-state index >= 15 is 0 Å². The second-order valence-corrected chi connectivity index (χ2v) is 7.09. The topological polar surface area (TPSA) is 85.4 Å². The zero-order chi connectivity index (χ0) is 17.6. The van der Waals surface area contributed by atoms with E-state index < -0.39 is 35.8 Å². The molecule has 1 aliphatic carbocycles. The van der Waals surface area contributed by atoms with Crippen molar-refractivity contribution in [2.75, 3.05) is 0 Å². The van der Waals surface area contributed by atoms with Gasteiger partial charge in [0.05, 0.1) is 23.7 Å². The fourth-order valence-electron chi connectivity index (χ4n) is 3.60. The minimum Gasteiger partial charge on any atom is -0.461 e. The molecule has 2 saturated heterocycles. The normalized spacial score (nSPS) is 43.8. The maximum atomic E-state index is 12.0. The molecule has 0 spiro atoms. The Morgan fingerprint density at radius 1 is 1.54 bits per heavy atom. The molecule has 2 aliphatic heterocycles. The maximum Gasteiger partial charge on any atom is 0.334 e. The van der Waals surface area contributed by atoms with Gasteiger partial charge in [0.1, 0.15) is 12.2 Å². The highest BCUT2D eigenvalue weighted by Gasteiger charge is 2.57. The van der Waals surface area contributed by atoms with Crippen molar-refractivity contribution in [3.63, 3.8) is 0 Å². The Labute approximate surface area is 141 Å². The predicted octanol–water partition coefficient (Wildman–Crippen LogP) is 1.66. The summed E-state index contributed by atoms with van der Waals surface area (Å²) in [4.78, 5) is 23.9. The van der Waals surface area contributed by atoms with E-state index in [-0.39, 0.29) is 18.5 Å². The van der Waals surface area contributed by atoms with Gasteiger partial charge in [-0.15, -0.1) is 0 Å². The number of ether oxygens (including phenoxy) is 3. The van der Waals surface area contributed by atoms with Gasteiger partial charge < -0.3 is 19.3 Å². The van der Waals surface area contributed by atoms with Crippen LogP contribution in [0.3, 0.4) is 0 Å². The van der Waals surface area contributed by atoms with Gasteiger partial charge >= 0.3 is 11.9 Å². The summed E-state index contributed by atoms with van der Waals surface area (Å²) in [5, 5.41) is 10.3. The molecule has 1 N–H and O–H groups in total. The van der Waals surface area contributed by atoms with Gasteiger partial charge in [-0.3, -0.25) is 4.79 Å². The number of carbonyl (C=O) groups excluding carboxylic acids is 2. The Morgan fingerprint density at radius 2 is 2.25 bits per heavy atom. The highest BCUT2D eigenvalue weighted by atomic mass is 16.6. The number of epoxide rings is 1. The molecule has 0 aromatic rings. The molecule has 6 heteroatoms. The lowest BCUT2D eigenvalue weighted by atomic mass is 9.82. The number of hydrogen-bond donors (Lipinski definition) is 1. The summed E-state index contributed by atoms with van der Waals surface area (Å²) in [6.07, 6.45) is 1.03. The third-order valence-electron chi connectivity index (χ3n) is 5.27. The Bertz CT molecular complexity index is 609. The van der Waals surface area contributed by atoms with Crippen molar-refractivity contribution in [2.24, 2.45) is 5.92 Å². The van der Waals surface area contributed by atoms with E-state index in [9.17, 15) is 14.7 Å². The van der Waals surface area contributed by atoms with Gasteiger partial charge in [0.25, 0.3) is 0 Å². The van der Waals surface area contributed by atoms with Gasteiger partial charge in [-0.1, -0.05) is 13.5 Å². The van der Waals surface area contributed by atoms with E-state index in [0.29, 0.717) is 24.0 Å². The van der Waals surface area contributed by atoms with E-state index in [1.54, 1.807) is 19.9 Å². The minimum atomic E-state index is -0.653. The first-order valence-electron chi connectivity index (χ1n) is 8.38. The molecule has 24 heavy (non-hydrogen) atoms.